The third kappa shape index (κ3) is 3.75. The van der Waals surface area contributed by atoms with Crippen LogP contribution in [0.1, 0.15) is 31.6 Å². The third-order valence-corrected chi connectivity index (χ3v) is 5.26. The number of hydrogen-bond acceptors (Lipinski definition) is 4. The van der Waals surface area contributed by atoms with Gasteiger partial charge in [0.2, 0.25) is 0 Å². The quantitative estimate of drug-likeness (QED) is 0.879. The van der Waals surface area contributed by atoms with E-state index in [1.54, 1.807) is 0 Å². The third-order valence-electron chi connectivity index (χ3n) is 4.27. The Kier molecular flexibility index (Phi) is 4.91. The predicted octanol–water partition coefficient (Wildman–Crippen LogP) is 3.86. The summed E-state index contributed by atoms with van der Waals surface area (Å²) in [7, 11) is 0. The Morgan fingerprint density at radius 1 is 1.18 bits per heavy atom. The Labute approximate surface area is 136 Å². The van der Waals surface area contributed by atoms with Gasteiger partial charge in [-0.15, -0.1) is 0 Å². The number of nitrogens with one attached hydrogen (secondary N) is 1. The van der Waals surface area contributed by atoms with E-state index in [-0.39, 0.29) is 6.04 Å². The molecule has 1 aromatic carbocycles. The predicted molar refractivity (Wildman–Crippen MR) is 92.1 cm³/mol. The lowest BCUT2D eigenvalue weighted by Crippen LogP contribution is -2.44. The standard InChI is InChI=1S/C18H23NO2S/c1-14(19-13-18(20)9-11-22-12-10-18)16-7-8-17(21-16)15-5-3-2-4-6-15/h2-8,14,19-20H,9-13H2,1H3/t14-/m0/s1. The highest BCUT2D eigenvalue weighted by Crippen LogP contribution is 2.28. The van der Waals surface area contributed by atoms with Crippen molar-refractivity contribution in [3.05, 3.63) is 48.2 Å². The molecular formula is C18H23NO2S. The molecule has 3 rings (SSSR count). The summed E-state index contributed by atoms with van der Waals surface area (Å²) >= 11 is 1.92. The van der Waals surface area contributed by atoms with Crippen LogP contribution >= 0.6 is 11.8 Å². The first-order valence-corrected chi connectivity index (χ1v) is 9.00. The molecule has 0 bridgehead atoms. The van der Waals surface area contributed by atoms with E-state index in [4.69, 9.17) is 4.42 Å². The molecule has 118 valence electrons. The first-order chi connectivity index (χ1) is 10.7. The molecule has 1 atom stereocenters. The summed E-state index contributed by atoms with van der Waals surface area (Å²) in [6, 6.07) is 14.2. The molecule has 0 unspecified atom stereocenters. The number of thioether (sulfide) groups is 1. The first kappa shape index (κ1) is 15.7. The van der Waals surface area contributed by atoms with Gasteiger partial charge in [0.05, 0.1) is 11.6 Å². The van der Waals surface area contributed by atoms with Crippen molar-refractivity contribution in [2.75, 3.05) is 18.1 Å². The Balaban J connectivity index is 1.61. The van der Waals surface area contributed by atoms with Crippen LogP contribution in [0.25, 0.3) is 11.3 Å². The van der Waals surface area contributed by atoms with Crippen molar-refractivity contribution >= 4 is 11.8 Å². The lowest BCUT2D eigenvalue weighted by atomic mass is 9.96. The fraction of sp³-hybridized carbons (Fsp3) is 0.444. The molecule has 0 saturated carbocycles. The van der Waals surface area contributed by atoms with E-state index in [2.05, 4.69) is 12.2 Å². The zero-order valence-corrected chi connectivity index (χ0v) is 13.7. The average Bonchev–Trinajstić information content (AvgIpc) is 3.04. The summed E-state index contributed by atoms with van der Waals surface area (Å²) in [4.78, 5) is 0. The Bertz CT molecular complexity index is 590. The summed E-state index contributed by atoms with van der Waals surface area (Å²) < 4.78 is 5.96. The maximum Gasteiger partial charge on any atom is 0.134 e. The van der Waals surface area contributed by atoms with Crippen molar-refractivity contribution in [3.8, 4) is 11.3 Å². The van der Waals surface area contributed by atoms with Gasteiger partial charge in [-0.05, 0) is 43.4 Å². The molecule has 2 heterocycles. The van der Waals surface area contributed by atoms with Gasteiger partial charge >= 0.3 is 0 Å². The molecule has 1 aromatic heterocycles. The summed E-state index contributed by atoms with van der Waals surface area (Å²) in [6.45, 7) is 2.70. The average molecular weight is 317 g/mol. The second kappa shape index (κ2) is 6.90. The van der Waals surface area contributed by atoms with Crippen LogP contribution in [0.3, 0.4) is 0 Å². The van der Waals surface area contributed by atoms with Gasteiger partial charge in [-0.2, -0.15) is 11.8 Å². The van der Waals surface area contributed by atoms with Gasteiger partial charge in [0.25, 0.3) is 0 Å². The Morgan fingerprint density at radius 2 is 1.91 bits per heavy atom. The van der Waals surface area contributed by atoms with Gasteiger partial charge < -0.3 is 14.8 Å². The van der Waals surface area contributed by atoms with Gasteiger partial charge in [-0.3, -0.25) is 0 Å². The van der Waals surface area contributed by atoms with Crippen molar-refractivity contribution < 1.29 is 9.52 Å². The van der Waals surface area contributed by atoms with E-state index in [0.29, 0.717) is 6.54 Å². The van der Waals surface area contributed by atoms with Crippen LogP contribution in [0.2, 0.25) is 0 Å². The van der Waals surface area contributed by atoms with Gasteiger partial charge in [0.1, 0.15) is 11.5 Å². The number of hydrogen-bond donors (Lipinski definition) is 2. The van der Waals surface area contributed by atoms with Crippen molar-refractivity contribution in [1.29, 1.82) is 0 Å². The largest absolute Gasteiger partial charge is 0.459 e. The van der Waals surface area contributed by atoms with Crippen LogP contribution in [0.15, 0.2) is 46.9 Å². The zero-order chi connectivity index (χ0) is 15.4. The minimum Gasteiger partial charge on any atom is -0.459 e. The van der Waals surface area contributed by atoms with Gasteiger partial charge in [0.15, 0.2) is 0 Å². The number of furan rings is 1. The number of benzene rings is 1. The van der Waals surface area contributed by atoms with Crippen LogP contribution < -0.4 is 5.32 Å². The summed E-state index contributed by atoms with van der Waals surface area (Å²) in [5.74, 6) is 3.89. The minimum atomic E-state index is -0.561. The second-order valence-electron chi connectivity index (χ2n) is 6.01. The van der Waals surface area contributed by atoms with E-state index in [1.807, 2.05) is 54.2 Å². The molecule has 0 aliphatic carbocycles. The second-order valence-corrected chi connectivity index (χ2v) is 7.23. The smallest absolute Gasteiger partial charge is 0.134 e. The van der Waals surface area contributed by atoms with Gasteiger partial charge in [-0.25, -0.2) is 0 Å². The van der Waals surface area contributed by atoms with Crippen molar-refractivity contribution in [2.45, 2.75) is 31.4 Å². The molecule has 4 heteroatoms. The SMILES string of the molecule is C[C@H](NCC1(O)CCSCC1)c1ccc(-c2ccccc2)o1. The molecule has 22 heavy (non-hydrogen) atoms. The molecule has 2 N–H and O–H groups in total. The molecular weight excluding hydrogens is 294 g/mol. The van der Waals surface area contributed by atoms with E-state index >= 15 is 0 Å². The van der Waals surface area contributed by atoms with Gasteiger partial charge in [0, 0.05) is 12.1 Å². The molecule has 0 radical (unpaired) electrons. The normalized spacial score (nSPS) is 19.0. The van der Waals surface area contributed by atoms with Crippen molar-refractivity contribution in [3.63, 3.8) is 0 Å². The first-order valence-electron chi connectivity index (χ1n) is 7.85. The van der Waals surface area contributed by atoms with Crippen molar-refractivity contribution in [1.82, 2.24) is 5.32 Å². The molecule has 3 nitrogen and oxygen atoms in total. The summed E-state index contributed by atoms with van der Waals surface area (Å²) in [6.07, 6.45) is 1.73. The highest BCUT2D eigenvalue weighted by molar-refractivity contribution is 7.99. The lowest BCUT2D eigenvalue weighted by Gasteiger charge is -2.32. The molecule has 1 saturated heterocycles. The highest BCUT2D eigenvalue weighted by atomic mass is 32.2. The van der Waals surface area contributed by atoms with Crippen LogP contribution in [-0.4, -0.2) is 28.8 Å². The van der Waals surface area contributed by atoms with E-state index in [0.717, 1.165) is 41.4 Å². The molecule has 0 amide bonds. The monoisotopic (exact) mass is 317 g/mol. The zero-order valence-electron chi connectivity index (χ0n) is 12.9. The Morgan fingerprint density at radius 3 is 2.64 bits per heavy atom. The number of rotatable bonds is 5. The molecule has 0 spiro atoms. The fourth-order valence-corrected chi connectivity index (χ4v) is 3.97. The van der Waals surface area contributed by atoms with Crippen LogP contribution in [0.5, 0.6) is 0 Å². The summed E-state index contributed by atoms with van der Waals surface area (Å²) in [5, 5.41) is 14.0. The molecule has 1 fully saturated rings. The number of aliphatic hydroxyl groups is 1. The van der Waals surface area contributed by atoms with E-state index < -0.39 is 5.60 Å². The lowest BCUT2D eigenvalue weighted by molar-refractivity contribution is 0.0295. The maximum absolute atomic E-state index is 10.5. The van der Waals surface area contributed by atoms with Crippen LogP contribution in [0, 0.1) is 0 Å². The molecule has 1 aliphatic heterocycles. The molecule has 1 aliphatic rings. The maximum atomic E-state index is 10.5. The van der Waals surface area contributed by atoms with Crippen LogP contribution in [0.4, 0.5) is 0 Å². The highest BCUT2D eigenvalue weighted by Gasteiger charge is 2.29. The summed E-state index contributed by atoms with van der Waals surface area (Å²) in [5.41, 5.74) is 0.526. The topological polar surface area (TPSA) is 45.4 Å². The Hall–Kier alpha value is -1.23. The van der Waals surface area contributed by atoms with Crippen LogP contribution in [-0.2, 0) is 0 Å². The molecule has 2 aromatic rings. The van der Waals surface area contributed by atoms with E-state index in [9.17, 15) is 5.11 Å². The van der Waals surface area contributed by atoms with E-state index in [1.165, 1.54) is 0 Å². The fourth-order valence-electron chi connectivity index (χ4n) is 2.71. The van der Waals surface area contributed by atoms with Crippen molar-refractivity contribution in [2.24, 2.45) is 0 Å². The van der Waals surface area contributed by atoms with Gasteiger partial charge in [-0.1, -0.05) is 30.3 Å². The minimum absolute atomic E-state index is 0.0936.